The van der Waals surface area contributed by atoms with E-state index in [2.05, 4.69) is 36.1 Å². The molecule has 3 nitrogen and oxygen atoms in total. The van der Waals surface area contributed by atoms with E-state index in [1.165, 1.54) is 23.2 Å². The second kappa shape index (κ2) is 11.1. The van der Waals surface area contributed by atoms with Crippen LogP contribution in [0.4, 0.5) is 10.1 Å². The van der Waals surface area contributed by atoms with Gasteiger partial charge in [-0.1, -0.05) is 24.3 Å². The van der Waals surface area contributed by atoms with Crippen LogP contribution in [0.1, 0.15) is 24.9 Å². The minimum absolute atomic E-state index is 0. The van der Waals surface area contributed by atoms with Crippen LogP contribution in [0.5, 0.6) is 5.75 Å². The zero-order valence-corrected chi connectivity index (χ0v) is 17.7. The van der Waals surface area contributed by atoms with Gasteiger partial charge >= 0.3 is 0 Å². The summed E-state index contributed by atoms with van der Waals surface area (Å²) in [7, 11) is 1.68. The van der Waals surface area contributed by atoms with Gasteiger partial charge < -0.3 is 15.4 Å². The average Bonchev–Trinajstić information content (AvgIpc) is 2.68. The molecule has 0 aliphatic carbocycles. The van der Waals surface area contributed by atoms with Crippen LogP contribution < -0.4 is 15.4 Å². The molecule has 0 fully saturated rings. The summed E-state index contributed by atoms with van der Waals surface area (Å²) >= 11 is 0. The zero-order valence-electron chi connectivity index (χ0n) is 16.1. The molecular weight excluding hydrogens is 398 g/mol. The van der Waals surface area contributed by atoms with Crippen molar-refractivity contribution in [2.75, 3.05) is 25.1 Å². The maximum atomic E-state index is 13.1. The molecule has 0 radical (unpaired) electrons. The lowest BCUT2D eigenvalue weighted by molar-refractivity contribution is 0.415. The van der Waals surface area contributed by atoms with Crippen molar-refractivity contribution in [3.8, 4) is 5.75 Å². The van der Waals surface area contributed by atoms with E-state index in [0.29, 0.717) is 0 Å². The Kier molecular flexibility index (Phi) is 9.53. The van der Waals surface area contributed by atoms with Gasteiger partial charge in [0.15, 0.2) is 0 Å². The number of halogens is 3. The van der Waals surface area contributed by atoms with E-state index < -0.39 is 0 Å². The topological polar surface area (TPSA) is 38.5 Å². The number of anilines is 1. The quantitative estimate of drug-likeness (QED) is 0.524. The van der Waals surface area contributed by atoms with Crippen molar-refractivity contribution in [2.45, 2.75) is 19.4 Å². The third-order valence-corrected chi connectivity index (χ3v) is 4.79. The van der Waals surface area contributed by atoms with Gasteiger partial charge in [-0.3, -0.25) is 0 Å². The maximum absolute atomic E-state index is 13.1. The van der Waals surface area contributed by atoms with E-state index in [1.807, 2.05) is 12.1 Å². The van der Waals surface area contributed by atoms with Crippen LogP contribution in [0.25, 0.3) is 10.8 Å². The molecule has 28 heavy (non-hydrogen) atoms. The summed E-state index contributed by atoms with van der Waals surface area (Å²) in [5, 5.41) is 2.34. The Morgan fingerprint density at radius 1 is 0.964 bits per heavy atom. The van der Waals surface area contributed by atoms with E-state index in [-0.39, 0.29) is 36.7 Å². The van der Waals surface area contributed by atoms with Crippen molar-refractivity contribution in [1.82, 2.24) is 0 Å². The minimum atomic E-state index is -0.232. The van der Waals surface area contributed by atoms with Crippen LogP contribution in [0, 0.1) is 5.82 Å². The first-order valence-electron chi connectivity index (χ1n) is 8.94. The van der Waals surface area contributed by atoms with Crippen LogP contribution in [-0.2, 0) is 0 Å². The maximum Gasteiger partial charge on any atom is 0.123 e. The van der Waals surface area contributed by atoms with Gasteiger partial charge in [-0.25, -0.2) is 4.39 Å². The minimum Gasteiger partial charge on any atom is -0.497 e. The predicted molar refractivity (Wildman–Crippen MR) is 121 cm³/mol. The summed E-state index contributed by atoms with van der Waals surface area (Å²) < 4.78 is 18.3. The second-order valence-corrected chi connectivity index (χ2v) is 6.42. The number of rotatable bonds is 7. The SMILES string of the molecule is CCN(CCC(N)c1ccc(F)cc1)c1ccc2cc(OC)ccc2c1.Cl.Cl. The lowest BCUT2D eigenvalue weighted by Crippen LogP contribution is -2.27. The average molecular weight is 425 g/mol. The second-order valence-electron chi connectivity index (χ2n) is 6.42. The Labute approximate surface area is 178 Å². The fourth-order valence-corrected chi connectivity index (χ4v) is 3.18. The Balaban J connectivity index is 0.00000196. The van der Waals surface area contributed by atoms with Gasteiger partial charge in [-0.2, -0.15) is 0 Å². The lowest BCUT2D eigenvalue weighted by atomic mass is 10.0. The molecule has 0 aromatic heterocycles. The van der Waals surface area contributed by atoms with Crippen molar-refractivity contribution < 1.29 is 9.13 Å². The molecule has 6 heteroatoms. The Hall–Kier alpha value is -2.01. The molecule has 3 aromatic rings. The first-order valence-corrected chi connectivity index (χ1v) is 8.94. The first-order chi connectivity index (χ1) is 12.6. The lowest BCUT2D eigenvalue weighted by Gasteiger charge is -2.25. The van der Waals surface area contributed by atoms with Gasteiger partial charge in [0.25, 0.3) is 0 Å². The zero-order chi connectivity index (χ0) is 18.5. The van der Waals surface area contributed by atoms with E-state index in [9.17, 15) is 4.39 Å². The van der Waals surface area contributed by atoms with Gasteiger partial charge in [0.2, 0.25) is 0 Å². The molecular formula is C22H27Cl2FN2O. The molecule has 2 N–H and O–H groups in total. The number of hydrogen-bond acceptors (Lipinski definition) is 3. The molecule has 1 unspecified atom stereocenters. The van der Waals surface area contributed by atoms with Crippen molar-refractivity contribution in [2.24, 2.45) is 5.73 Å². The van der Waals surface area contributed by atoms with E-state index >= 15 is 0 Å². The molecule has 152 valence electrons. The van der Waals surface area contributed by atoms with Crippen LogP contribution in [0.3, 0.4) is 0 Å². The molecule has 0 aliphatic rings. The van der Waals surface area contributed by atoms with E-state index in [4.69, 9.17) is 10.5 Å². The van der Waals surface area contributed by atoms with Crippen LogP contribution >= 0.6 is 24.8 Å². The summed E-state index contributed by atoms with van der Waals surface area (Å²) in [4.78, 5) is 2.31. The van der Waals surface area contributed by atoms with Crippen LogP contribution in [0.2, 0.25) is 0 Å². The number of hydrogen-bond donors (Lipinski definition) is 1. The number of benzene rings is 3. The van der Waals surface area contributed by atoms with Crippen molar-refractivity contribution in [3.05, 3.63) is 72.0 Å². The van der Waals surface area contributed by atoms with Gasteiger partial charge in [-0.05, 0) is 66.1 Å². The Bertz CT molecular complexity index is 874. The highest BCUT2D eigenvalue weighted by molar-refractivity contribution is 5.87. The van der Waals surface area contributed by atoms with Crippen molar-refractivity contribution in [1.29, 1.82) is 0 Å². The summed E-state index contributed by atoms with van der Waals surface area (Å²) in [6, 6.07) is 18.9. The Morgan fingerprint density at radius 3 is 2.25 bits per heavy atom. The molecule has 0 aliphatic heterocycles. The Morgan fingerprint density at radius 2 is 1.61 bits per heavy atom. The highest BCUT2D eigenvalue weighted by Gasteiger charge is 2.11. The van der Waals surface area contributed by atoms with Crippen LogP contribution in [0.15, 0.2) is 60.7 Å². The number of fused-ring (bicyclic) bond motifs is 1. The van der Waals surface area contributed by atoms with E-state index in [0.717, 1.165) is 36.2 Å². The van der Waals surface area contributed by atoms with Crippen molar-refractivity contribution in [3.63, 3.8) is 0 Å². The summed E-state index contributed by atoms with van der Waals surface area (Å²) in [5.74, 6) is 0.631. The molecule has 0 amide bonds. The normalized spacial score (nSPS) is 11.3. The number of nitrogens with zero attached hydrogens (tertiary/aromatic N) is 1. The third-order valence-electron chi connectivity index (χ3n) is 4.79. The molecule has 3 aromatic carbocycles. The predicted octanol–water partition coefficient (Wildman–Crippen LogP) is 5.75. The molecule has 0 bridgehead atoms. The molecule has 0 saturated carbocycles. The number of ether oxygens (including phenoxy) is 1. The monoisotopic (exact) mass is 424 g/mol. The number of methoxy groups -OCH3 is 1. The van der Waals surface area contributed by atoms with Gasteiger partial charge in [-0.15, -0.1) is 24.8 Å². The van der Waals surface area contributed by atoms with Gasteiger partial charge in [0, 0.05) is 24.8 Å². The molecule has 0 heterocycles. The van der Waals surface area contributed by atoms with Crippen molar-refractivity contribution >= 4 is 41.3 Å². The summed E-state index contributed by atoms with van der Waals surface area (Å²) in [5.41, 5.74) is 8.43. The van der Waals surface area contributed by atoms with E-state index in [1.54, 1.807) is 19.2 Å². The number of nitrogens with two attached hydrogens (primary N) is 1. The fourth-order valence-electron chi connectivity index (χ4n) is 3.18. The summed E-state index contributed by atoms with van der Waals surface area (Å²) in [6.45, 7) is 3.89. The first kappa shape index (κ1) is 24.0. The summed E-state index contributed by atoms with van der Waals surface area (Å²) in [6.07, 6.45) is 0.806. The third kappa shape index (κ3) is 5.74. The highest BCUT2D eigenvalue weighted by atomic mass is 35.5. The highest BCUT2D eigenvalue weighted by Crippen LogP contribution is 2.26. The van der Waals surface area contributed by atoms with Gasteiger partial charge in [0.05, 0.1) is 7.11 Å². The molecule has 0 spiro atoms. The standard InChI is InChI=1S/C22H25FN2O.2ClH/c1-3-25(13-12-22(24)16-4-8-19(23)9-5-16)20-10-6-18-15-21(26-2)11-7-17(18)14-20;;/h4-11,14-15,22H,3,12-13,24H2,1-2H3;2*1H. The molecule has 1 atom stereocenters. The molecule has 3 rings (SSSR count). The molecule has 0 saturated heterocycles. The smallest absolute Gasteiger partial charge is 0.123 e. The fraction of sp³-hybridized carbons (Fsp3) is 0.273. The van der Waals surface area contributed by atoms with Gasteiger partial charge in [0.1, 0.15) is 11.6 Å². The largest absolute Gasteiger partial charge is 0.497 e. The van der Waals surface area contributed by atoms with Crippen LogP contribution in [-0.4, -0.2) is 20.2 Å².